The van der Waals surface area contributed by atoms with Gasteiger partial charge in [0.15, 0.2) is 12.4 Å². The van der Waals surface area contributed by atoms with E-state index >= 15 is 0 Å². The number of allylic oxidation sites excluding steroid dienone is 8. The van der Waals surface area contributed by atoms with E-state index in [1.807, 2.05) is 0 Å². The molecule has 1 fully saturated rings. The minimum Gasteiger partial charge on any atom is -0.462 e. The van der Waals surface area contributed by atoms with Crippen LogP contribution in [0.4, 0.5) is 0 Å². The molecule has 10 nitrogen and oxygen atoms in total. The second kappa shape index (κ2) is 42.6. The smallest absolute Gasteiger partial charge is 0.306 e. The lowest BCUT2D eigenvalue weighted by atomic mass is 9.99. The van der Waals surface area contributed by atoms with Crippen LogP contribution in [0, 0.1) is 0 Å². The average molecular weight is 877 g/mol. The Labute approximate surface area is 378 Å². The summed E-state index contributed by atoms with van der Waals surface area (Å²) in [5.41, 5.74) is 0. The highest BCUT2D eigenvalue weighted by Crippen LogP contribution is 2.23. The summed E-state index contributed by atoms with van der Waals surface area (Å²) in [5.74, 6) is -0.816. The normalized spacial score (nSPS) is 20.0. The molecule has 4 N–H and O–H groups in total. The maximum Gasteiger partial charge on any atom is 0.306 e. The molecule has 0 amide bonds. The second-order valence-electron chi connectivity index (χ2n) is 17.2. The zero-order valence-corrected chi connectivity index (χ0v) is 39.4. The molecule has 1 rings (SSSR count). The van der Waals surface area contributed by atoms with Crippen molar-refractivity contribution in [3.63, 3.8) is 0 Å². The SMILES string of the molecule is CC/C=C\C/C=C\C/C=C\C/C=C\CCCCCCCCC(=O)OC(COC(=O)CCCCCCCCCCCCCCCCCCCC)COC1OC(CO)C(O)C(O)C1O. The van der Waals surface area contributed by atoms with E-state index in [9.17, 15) is 30.0 Å². The van der Waals surface area contributed by atoms with E-state index < -0.39 is 49.4 Å². The van der Waals surface area contributed by atoms with E-state index in [0.717, 1.165) is 83.5 Å². The second-order valence-corrected chi connectivity index (χ2v) is 17.2. The quantitative estimate of drug-likeness (QED) is 0.0265. The fraction of sp³-hybridized carbons (Fsp3) is 0.808. The van der Waals surface area contributed by atoms with Gasteiger partial charge in [-0.05, 0) is 51.4 Å². The average Bonchev–Trinajstić information content (AvgIpc) is 3.27. The van der Waals surface area contributed by atoms with Gasteiger partial charge in [0.1, 0.15) is 31.0 Å². The molecule has 0 radical (unpaired) electrons. The maximum absolute atomic E-state index is 12.8. The van der Waals surface area contributed by atoms with E-state index in [2.05, 4.69) is 62.5 Å². The van der Waals surface area contributed by atoms with Crippen molar-refractivity contribution in [3.05, 3.63) is 48.6 Å². The highest BCUT2D eigenvalue weighted by atomic mass is 16.7. The fourth-order valence-electron chi connectivity index (χ4n) is 7.53. The standard InChI is InChI=1S/C52H92O10/c1-3-5-7-9-11-13-15-17-19-21-23-25-27-29-31-33-35-37-39-41-48(55)61-45(44-60-52-51(58)50(57)49(56)46(42-53)62-52)43-59-47(54)40-38-36-34-32-30-28-26-24-22-20-18-16-14-12-10-8-6-4-2/h5,7,11,13,17,19,23,25,45-46,49-53,56-58H,3-4,6,8-10,12,14-16,18,20-22,24,26-44H2,1-2H3/b7-5-,13-11-,19-17-,25-23-. The van der Waals surface area contributed by atoms with Crippen LogP contribution < -0.4 is 0 Å². The third kappa shape index (κ3) is 33.2. The topological polar surface area (TPSA) is 152 Å². The highest BCUT2D eigenvalue weighted by molar-refractivity contribution is 5.70. The van der Waals surface area contributed by atoms with E-state index in [0.29, 0.717) is 6.42 Å². The minimum atomic E-state index is -1.60. The van der Waals surface area contributed by atoms with Gasteiger partial charge in [0.05, 0.1) is 13.2 Å². The number of ether oxygens (including phenoxy) is 4. The van der Waals surface area contributed by atoms with Crippen LogP contribution in [0.3, 0.4) is 0 Å². The van der Waals surface area contributed by atoms with E-state index in [1.54, 1.807) is 0 Å². The number of aliphatic hydroxyl groups is 4. The van der Waals surface area contributed by atoms with Gasteiger partial charge in [-0.25, -0.2) is 0 Å². The molecule has 1 aliphatic rings. The zero-order valence-electron chi connectivity index (χ0n) is 39.4. The Bertz CT molecular complexity index is 1150. The molecule has 1 heterocycles. The summed E-state index contributed by atoms with van der Waals surface area (Å²) in [7, 11) is 0. The highest BCUT2D eigenvalue weighted by Gasteiger charge is 2.44. The van der Waals surface area contributed by atoms with Gasteiger partial charge in [-0.3, -0.25) is 9.59 Å². The van der Waals surface area contributed by atoms with Crippen molar-refractivity contribution in [1.29, 1.82) is 0 Å². The summed E-state index contributed by atoms with van der Waals surface area (Å²) < 4.78 is 22.2. The number of carbonyl (C=O) groups excluding carboxylic acids is 2. The van der Waals surface area contributed by atoms with Crippen molar-refractivity contribution in [3.8, 4) is 0 Å². The van der Waals surface area contributed by atoms with Crippen molar-refractivity contribution < 1.29 is 49.0 Å². The van der Waals surface area contributed by atoms with Gasteiger partial charge in [-0.2, -0.15) is 0 Å². The molecular formula is C52H92O10. The van der Waals surface area contributed by atoms with Crippen molar-refractivity contribution in [2.75, 3.05) is 19.8 Å². The molecule has 62 heavy (non-hydrogen) atoms. The molecule has 6 atom stereocenters. The van der Waals surface area contributed by atoms with E-state index in [-0.39, 0.29) is 32.0 Å². The van der Waals surface area contributed by atoms with Crippen LogP contribution in [0.1, 0.15) is 213 Å². The summed E-state index contributed by atoms with van der Waals surface area (Å²) in [6.45, 7) is 3.32. The Balaban J connectivity index is 2.28. The number of carbonyl (C=O) groups is 2. The number of unbranched alkanes of at least 4 members (excludes halogenated alkanes) is 23. The van der Waals surface area contributed by atoms with E-state index in [4.69, 9.17) is 18.9 Å². The van der Waals surface area contributed by atoms with Crippen LogP contribution in [-0.2, 0) is 28.5 Å². The third-order valence-corrected chi connectivity index (χ3v) is 11.5. The molecule has 0 aliphatic carbocycles. The lowest BCUT2D eigenvalue weighted by Gasteiger charge is -2.39. The molecule has 0 aromatic heterocycles. The number of hydrogen-bond donors (Lipinski definition) is 4. The summed E-state index contributed by atoms with van der Waals surface area (Å²) in [5, 5.41) is 40.2. The van der Waals surface area contributed by atoms with Crippen LogP contribution in [0.15, 0.2) is 48.6 Å². The van der Waals surface area contributed by atoms with Crippen LogP contribution in [-0.4, -0.2) is 89.0 Å². The molecule has 10 heteroatoms. The molecule has 6 unspecified atom stereocenters. The minimum absolute atomic E-state index is 0.214. The lowest BCUT2D eigenvalue weighted by Crippen LogP contribution is -2.59. The van der Waals surface area contributed by atoms with Crippen molar-refractivity contribution >= 4 is 11.9 Å². The van der Waals surface area contributed by atoms with Crippen LogP contribution in [0.2, 0.25) is 0 Å². The van der Waals surface area contributed by atoms with Gasteiger partial charge in [-0.1, -0.05) is 197 Å². The molecule has 1 saturated heterocycles. The van der Waals surface area contributed by atoms with Gasteiger partial charge in [0.2, 0.25) is 0 Å². The van der Waals surface area contributed by atoms with Crippen LogP contribution >= 0.6 is 0 Å². The molecule has 0 spiro atoms. The Morgan fingerprint density at radius 3 is 1.44 bits per heavy atom. The Kier molecular flexibility index (Phi) is 39.6. The molecular weight excluding hydrogens is 785 g/mol. The summed E-state index contributed by atoms with van der Waals surface area (Å²) in [4.78, 5) is 25.4. The van der Waals surface area contributed by atoms with Gasteiger partial charge >= 0.3 is 11.9 Å². The van der Waals surface area contributed by atoms with Crippen molar-refractivity contribution in [1.82, 2.24) is 0 Å². The summed E-state index contributed by atoms with van der Waals surface area (Å²) in [6, 6.07) is 0. The van der Waals surface area contributed by atoms with Crippen molar-refractivity contribution in [2.24, 2.45) is 0 Å². The molecule has 0 saturated carbocycles. The first-order valence-corrected chi connectivity index (χ1v) is 25.2. The fourth-order valence-corrected chi connectivity index (χ4v) is 7.53. The Morgan fingerprint density at radius 2 is 0.952 bits per heavy atom. The van der Waals surface area contributed by atoms with Crippen molar-refractivity contribution in [2.45, 2.75) is 250 Å². The molecule has 1 aliphatic heterocycles. The molecule has 0 aromatic rings. The third-order valence-electron chi connectivity index (χ3n) is 11.5. The molecule has 0 aromatic carbocycles. The number of aliphatic hydroxyl groups excluding tert-OH is 4. The van der Waals surface area contributed by atoms with Crippen LogP contribution in [0.5, 0.6) is 0 Å². The summed E-state index contributed by atoms with van der Waals surface area (Å²) >= 11 is 0. The van der Waals surface area contributed by atoms with Gasteiger partial charge in [0.25, 0.3) is 0 Å². The zero-order chi connectivity index (χ0) is 45.1. The van der Waals surface area contributed by atoms with E-state index in [1.165, 1.54) is 96.3 Å². The molecule has 0 bridgehead atoms. The van der Waals surface area contributed by atoms with Gasteiger partial charge in [-0.15, -0.1) is 0 Å². The van der Waals surface area contributed by atoms with Gasteiger partial charge < -0.3 is 39.4 Å². The number of rotatable bonds is 42. The maximum atomic E-state index is 12.8. The number of esters is 2. The predicted molar refractivity (Wildman–Crippen MR) is 252 cm³/mol. The predicted octanol–water partition coefficient (Wildman–Crippen LogP) is 11.6. The molecule has 360 valence electrons. The largest absolute Gasteiger partial charge is 0.462 e. The van der Waals surface area contributed by atoms with Gasteiger partial charge in [0, 0.05) is 12.8 Å². The Morgan fingerprint density at radius 1 is 0.516 bits per heavy atom. The summed E-state index contributed by atoms with van der Waals surface area (Å²) in [6.07, 6.45) is 44.0. The first kappa shape index (κ1) is 57.7. The van der Waals surface area contributed by atoms with Crippen LogP contribution in [0.25, 0.3) is 0 Å². The first-order valence-electron chi connectivity index (χ1n) is 25.2. The first-order chi connectivity index (χ1) is 30.3. The monoisotopic (exact) mass is 877 g/mol. The lowest BCUT2D eigenvalue weighted by molar-refractivity contribution is -0.305. The Hall–Kier alpha value is -2.34. The number of hydrogen-bond acceptors (Lipinski definition) is 10.